The third-order valence-electron chi connectivity index (χ3n) is 4.98. The van der Waals surface area contributed by atoms with Crippen LogP contribution in [0.5, 0.6) is 0 Å². The fourth-order valence-electron chi connectivity index (χ4n) is 3.38. The highest BCUT2D eigenvalue weighted by Gasteiger charge is 2.25. The van der Waals surface area contributed by atoms with E-state index in [1.807, 2.05) is 59.5 Å². The molecule has 0 aliphatic carbocycles. The Morgan fingerprint density at radius 2 is 2.11 bits per heavy atom. The maximum absolute atomic E-state index is 12.3. The van der Waals surface area contributed by atoms with E-state index in [1.165, 1.54) is 0 Å². The minimum atomic E-state index is -0.554. The predicted molar refractivity (Wildman–Crippen MR) is 112 cm³/mol. The fraction of sp³-hybridized carbons (Fsp3) is 0.478. The number of likely N-dealkylation sites (tertiary alicyclic amines) is 1. The zero-order valence-corrected chi connectivity index (χ0v) is 16.7. The van der Waals surface area contributed by atoms with Crippen molar-refractivity contribution in [3.63, 3.8) is 0 Å². The smallest absolute Gasteiger partial charge is 0.223 e. The van der Waals surface area contributed by atoms with Gasteiger partial charge < -0.3 is 15.3 Å². The predicted octanol–water partition coefficient (Wildman–Crippen LogP) is 3.00. The second-order valence-corrected chi connectivity index (χ2v) is 7.18. The maximum Gasteiger partial charge on any atom is 0.223 e. The molecule has 1 aliphatic rings. The number of aliphatic hydroxyl groups excluding tert-OH is 1. The Labute approximate surface area is 168 Å². The number of carbonyl (C=O) groups is 2. The summed E-state index contributed by atoms with van der Waals surface area (Å²) in [5, 5.41) is 12.9. The summed E-state index contributed by atoms with van der Waals surface area (Å²) in [6.07, 6.45) is 12.4. The molecule has 28 heavy (non-hydrogen) atoms. The largest absolute Gasteiger partial charge is 0.389 e. The fourth-order valence-corrected chi connectivity index (χ4v) is 3.38. The van der Waals surface area contributed by atoms with Crippen LogP contribution in [-0.4, -0.2) is 47.6 Å². The minimum Gasteiger partial charge on any atom is -0.389 e. The van der Waals surface area contributed by atoms with Crippen LogP contribution in [0.4, 0.5) is 0 Å². The molecule has 5 nitrogen and oxygen atoms in total. The van der Waals surface area contributed by atoms with Crippen LogP contribution in [0.25, 0.3) is 0 Å². The molecule has 152 valence electrons. The van der Waals surface area contributed by atoms with Crippen molar-refractivity contribution in [2.45, 2.75) is 57.1 Å². The van der Waals surface area contributed by atoms with E-state index in [4.69, 9.17) is 0 Å². The zero-order valence-electron chi connectivity index (χ0n) is 16.7. The van der Waals surface area contributed by atoms with Gasteiger partial charge in [0.15, 0.2) is 0 Å². The van der Waals surface area contributed by atoms with Crippen LogP contribution >= 0.6 is 0 Å². The Bertz CT molecular complexity index is 670. The molecule has 1 aromatic carbocycles. The van der Waals surface area contributed by atoms with Crippen molar-refractivity contribution in [3.8, 4) is 0 Å². The second kappa shape index (κ2) is 12.1. The molecular formula is C23H32N2O3. The summed E-state index contributed by atoms with van der Waals surface area (Å²) in [5.74, 6) is 0.215. The lowest BCUT2D eigenvalue weighted by Gasteiger charge is -2.33. The average molecular weight is 385 g/mol. The Hall–Kier alpha value is -2.40. The number of benzene rings is 1. The topological polar surface area (TPSA) is 69.6 Å². The monoisotopic (exact) mass is 384 g/mol. The summed E-state index contributed by atoms with van der Waals surface area (Å²) < 4.78 is 0. The van der Waals surface area contributed by atoms with Gasteiger partial charge in [-0.3, -0.25) is 9.59 Å². The molecule has 2 amide bonds. The molecule has 0 bridgehead atoms. The van der Waals surface area contributed by atoms with Crippen molar-refractivity contribution in [2.75, 3.05) is 13.6 Å². The van der Waals surface area contributed by atoms with Crippen LogP contribution in [0.3, 0.4) is 0 Å². The SMILES string of the molecule is CNC(=O)CCC/C=C\CN1C(=O)CCC[C@@H]1/C=C/C(O)Cc1ccccc1. The minimum absolute atomic E-state index is 0.0298. The molecular weight excluding hydrogens is 352 g/mol. The number of carbonyl (C=O) groups excluding carboxylic acids is 2. The number of hydrogen-bond acceptors (Lipinski definition) is 3. The Morgan fingerprint density at radius 1 is 1.32 bits per heavy atom. The van der Waals surface area contributed by atoms with E-state index in [-0.39, 0.29) is 17.9 Å². The van der Waals surface area contributed by atoms with Gasteiger partial charge in [0, 0.05) is 32.9 Å². The van der Waals surface area contributed by atoms with Crippen molar-refractivity contribution in [2.24, 2.45) is 0 Å². The number of rotatable bonds is 10. The molecule has 5 heteroatoms. The van der Waals surface area contributed by atoms with Gasteiger partial charge in [0.2, 0.25) is 11.8 Å². The van der Waals surface area contributed by atoms with Gasteiger partial charge in [-0.1, -0.05) is 54.6 Å². The summed E-state index contributed by atoms with van der Waals surface area (Å²) >= 11 is 0. The van der Waals surface area contributed by atoms with Crippen molar-refractivity contribution >= 4 is 11.8 Å². The van der Waals surface area contributed by atoms with Crippen LogP contribution in [0.1, 0.15) is 44.1 Å². The third-order valence-corrected chi connectivity index (χ3v) is 4.98. The summed E-state index contributed by atoms with van der Waals surface area (Å²) in [6, 6.07) is 9.93. The van der Waals surface area contributed by atoms with Gasteiger partial charge in [-0.25, -0.2) is 0 Å². The number of amides is 2. The first-order valence-corrected chi connectivity index (χ1v) is 10.2. The zero-order chi connectivity index (χ0) is 20.2. The van der Waals surface area contributed by atoms with Gasteiger partial charge in [0.05, 0.1) is 12.1 Å². The van der Waals surface area contributed by atoms with Gasteiger partial charge in [0.25, 0.3) is 0 Å². The van der Waals surface area contributed by atoms with Crippen molar-refractivity contribution in [3.05, 3.63) is 60.2 Å². The third kappa shape index (κ3) is 7.69. The number of aliphatic hydroxyl groups is 1. The quantitative estimate of drug-likeness (QED) is 0.481. The number of hydrogen-bond donors (Lipinski definition) is 2. The van der Waals surface area contributed by atoms with E-state index in [2.05, 4.69) is 5.32 Å². The summed E-state index contributed by atoms with van der Waals surface area (Å²) in [7, 11) is 1.64. The highest BCUT2D eigenvalue weighted by Crippen LogP contribution is 2.20. The molecule has 0 aromatic heterocycles. The van der Waals surface area contributed by atoms with E-state index in [1.54, 1.807) is 7.05 Å². The van der Waals surface area contributed by atoms with Crippen LogP contribution in [0.15, 0.2) is 54.6 Å². The molecule has 2 atom stereocenters. The standard InChI is InChI=1S/C23H32N2O3/c1-24-22(27)13-7-2-3-8-17-25-20(12-9-14-23(25)28)15-16-21(26)18-19-10-5-4-6-11-19/h3-6,8,10-11,15-16,20-21,26H,2,7,9,12-14,17-18H2,1H3,(H,24,27)/b8-3-,16-15+/t20-,21?/m1/s1. The lowest BCUT2D eigenvalue weighted by molar-refractivity contribution is -0.134. The summed E-state index contributed by atoms with van der Waals surface area (Å²) in [6.45, 7) is 0.572. The number of nitrogens with one attached hydrogen (secondary N) is 1. The normalized spacial score (nSPS) is 18.7. The second-order valence-electron chi connectivity index (χ2n) is 7.18. The lowest BCUT2D eigenvalue weighted by Crippen LogP contribution is -2.42. The van der Waals surface area contributed by atoms with E-state index >= 15 is 0 Å². The molecule has 1 fully saturated rings. The van der Waals surface area contributed by atoms with Crippen LogP contribution in [-0.2, 0) is 16.0 Å². The van der Waals surface area contributed by atoms with E-state index < -0.39 is 6.10 Å². The molecule has 0 radical (unpaired) electrons. The molecule has 1 aromatic rings. The van der Waals surface area contributed by atoms with Crippen LogP contribution < -0.4 is 5.32 Å². The Kier molecular flexibility index (Phi) is 9.49. The molecule has 1 heterocycles. The first kappa shape index (κ1) is 21.9. The van der Waals surface area contributed by atoms with Crippen LogP contribution in [0, 0.1) is 0 Å². The number of unbranched alkanes of at least 4 members (excludes halogenated alkanes) is 1. The Morgan fingerprint density at radius 3 is 2.86 bits per heavy atom. The highest BCUT2D eigenvalue weighted by molar-refractivity contribution is 5.77. The van der Waals surface area contributed by atoms with Crippen molar-refractivity contribution in [1.29, 1.82) is 0 Å². The molecule has 2 N–H and O–H groups in total. The highest BCUT2D eigenvalue weighted by atomic mass is 16.3. The van der Waals surface area contributed by atoms with Gasteiger partial charge in [0.1, 0.15) is 0 Å². The summed E-state index contributed by atoms with van der Waals surface area (Å²) in [5.41, 5.74) is 1.09. The number of allylic oxidation sites excluding steroid dienone is 1. The van der Waals surface area contributed by atoms with Gasteiger partial charge >= 0.3 is 0 Å². The molecule has 1 saturated heterocycles. The molecule has 2 rings (SSSR count). The lowest BCUT2D eigenvalue weighted by atomic mass is 9.99. The molecule has 0 saturated carbocycles. The number of piperidine rings is 1. The van der Waals surface area contributed by atoms with E-state index in [0.29, 0.717) is 25.8 Å². The van der Waals surface area contributed by atoms with Crippen molar-refractivity contribution in [1.82, 2.24) is 10.2 Å². The van der Waals surface area contributed by atoms with Crippen LogP contribution in [0.2, 0.25) is 0 Å². The van der Waals surface area contributed by atoms with E-state index in [9.17, 15) is 14.7 Å². The van der Waals surface area contributed by atoms with Gasteiger partial charge in [-0.2, -0.15) is 0 Å². The van der Waals surface area contributed by atoms with Gasteiger partial charge in [-0.15, -0.1) is 0 Å². The maximum atomic E-state index is 12.3. The number of nitrogens with zero attached hydrogens (tertiary/aromatic N) is 1. The van der Waals surface area contributed by atoms with E-state index in [0.717, 1.165) is 31.2 Å². The summed E-state index contributed by atoms with van der Waals surface area (Å²) in [4.78, 5) is 25.4. The molecule has 1 unspecified atom stereocenters. The van der Waals surface area contributed by atoms with Gasteiger partial charge in [-0.05, 0) is 31.2 Å². The Balaban J connectivity index is 1.83. The molecule has 0 spiro atoms. The first-order chi connectivity index (χ1) is 13.6. The average Bonchev–Trinajstić information content (AvgIpc) is 2.70. The first-order valence-electron chi connectivity index (χ1n) is 10.2. The van der Waals surface area contributed by atoms with Crippen molar-refractivity contribution < 1.29 is 14.7 Å². The molecule has 1 aliphatic heterocycles.